The maximum absolute atomic E-state index is 11.1. The molecule has 11 heteroatoms. The summed E-state index contributed by atoms with van der Waals surface area (Å²) in [6.07, 6.45) is 7.40. The molecule has 0 saturated carbocycles. The minimum Gasteiger partial charge on any atom is -0.482 e. The lowest BCUT2D eigenvalue weighted by Crippen LogP contribution is -2.40. The largest absolute Gasteiger partial charge is 0.482 e. The van der Waals surface area contributed by atoms with Crippen molar-refractivity contribution in [2.24, 2.45) is 0 Å². The summed E-state index contributed by atoms with van der Waals surface area (Å²) in [5, 5.41) is 28.4. The van der Waals surface area contributed by atoms with E-state index in [9.17, 15) is 10.1 Å². The lowest BCUT2D eigenvalue weighted by Gasteiger charge is -2.32. The first-order chi connectivity index (χ1) is 17.4. The van der Waals surface area contributed by atoms with E-state index in [2.05, 4.69) is 16.3 Å². The van der Waals surface area contributed by atoms with Crippen molar-refractivity contribution in [1.29, 1.82) is 5.26 Å². The molecule has 1 N–H and O–H groups in total. The van der Waals surface area contributed by atoms with Gasteiger partial charge >= 0.3 is 5.97 Å². The van der Waals surface area contributed by atoms with Crippen LogP contribution < -0.4 is 4.74 Å². The van der Waals surface area contributed by atoms with Gasteiger partial charge in [-0.3, -0.25) is 19.4 Å². The molecule has 0 spiro atoms. The third-order valence-corrected chi connectivity index (χ3v) is 6.78. The minimum absolute atomic E-state index is 0.00281. The van der Waals surface area contributed by atoms with Crippen molar-refractivity contribution < 1.29 is 14.6 Å². The van der Waals surface area contributed by atoms with Crippen LogP contribution in [0.25, 0.3) is 16.8 Å². The van der Waals surface area contributed by atoms with Gasteiger partial charge in [0.15, 0.2) is 6.19 Å². The van der Waals surface area contributed by atoms with Crippen molar-refractivity contribution in [3.8, 4) is 23.2 Å². The molecule has 5 heterocycles. The number of nitriles is 1. The molecule has 2 atom stereocenters. The van der Waals surface area contributed by atoms with Crippen molar-refractivity contribution in [2.75, 3.05) is 0 Å². The highest BCUT2D eigenvalue weighted by Gasteiger charge is 2.30. The molecular weight excluding hydrogens is 482 g/mol. The number of carbonyl (C=O) groups is 1. The summed E-state index contributed by atoms with van der Waals surface area (Å²) in [5.41, 5.74) is 4.82. The second kappa shape index (κ2) is 9.51. The summed E-state index contributed by atoms with van der Waals surface area (Å²) in [6, 6.07) is 7.34. The van der Waals surface area contributed by atoms with Crippen molar-refractivity contribution in [1.82, 2.24) is 29.3 Å². The Morgan fingerprint density at radius 2 is 2.25 bits per heavy atom. The van der Waals surface area contributed by atoms with Gasteiger partial charge in [0.2, 0.25) is 0 Å². The molecule has 0 aliphatic carbocycles. The minimum atomic E-state index is -0.880. The molecule has 1 aliphatic heterocycles. The summed E-state index contributed by atoms with van der Waals surface area (Å²) in [7, 11) is 0. The topological polar surface area (TPSA) is 122 Å². The van der Waals surface area contributed by atoms with Gasteiger partial charge in [0.1, 0.15) is 17.4 Å². The molecule has 0 radical (unpaired) electrons. The van der Waals surface area contributed by atoms with Crippen LogP contribution in [0.2, 0.25) is 5.02 Å². The average molecular weight is 506 g/mol. The Labute approximate surface area is 212 Å². The number of hydrogen-bond donors (Lipinski definition) is 1. The number of carboxylic acids is 1. The van der Waals surface area contributed by atoms with E-state index in [1.54, 1.807) is 21.8 Å². The zero-order chi connectivity index (χ0) is 25.4. The highest BCUT2D eigenvalue weighted by Crippen LogP contribution is 2.36. The number of fused-ring (bicyclic) bond motifs is 2. The van der Waals surface area contributed by atoms with Gasteiger partial charge < -0.3 is 9.84 Å². The van der Waals surface area contributed by atoms with Gasteiger partial charge in [0, 0.05) is 29.9 Å². The fourth-order valence-corrected chi connectivity index (χ4v) is 4.81. The number of pyridine rings is 2. The van der Waals surface area contributed by atoms with Gasteiger partial charge in [-0.05, 0) is 38.5 Å². The maximum atomic E-state index is 11.1. The predicted molar refractivity (Wildman–Crippen MR) is 131 cm³/mol. The first-order valence-electron chi connectivity index (χ1n) is 11.5. The molecule has 1 aliphatic rings. The number of aliphatic carboxylic acids is 1. The van der Waals surface area contributed by atoms with Crippen molar-refractivity contribution in [3.63, 3.8) is 0 Å². The van der Waals surface area contributed by atoms with E-state index in [1.165, 1.54) is 0 Å². The van der Waals surface area contributed by atoms with E-state index in [0.29, 0.717) is 35.8 Å². The molecule has 36 heavy (non-hydrogen) atoms. The number of halogens is 1. The Bertz CT molecular complexity index is 1470. The molecular formula is C25H24ClN7O3. The van der Waals surface area contributed by atoms with Crippen LogP contribution in [0.4, 0.5) is 0 Å². The van der Waals surface area contributed by atoms with Crippen molar-refractivity contribution in [3.05, 3.63) is 64.8 Å². The molecule has 0 fully saturated rings. The normalized spacial score (nSPS) is 15.9. The second-order valence-corrected chi connectivity index (χ2v) is 9.22. The van der Waals surface area contributed by atoms with Gasteiger partial charge in [-0.2, -0.15) is 15.5 Å². The maximum Gasteiger partial charge on any atom is 0.303 e. The third-order valence-electron chi connectivity index (χ3n) is 6.50. The van der Waals surface area contributed by atoms with Crippen molar-refractivity contribution >= 4 is 23.1 Å². The average Bonchev–Trinajstić information content (AvgIpc) is 3.41. The zero-order valence-corrected chi connectivity index (χ0v) is 20.6. The molecule has 0 amide bonds. The monoisotopic (exact) mass is 505 g/mol. The number of hydrogen-bond acceptors (Lipinski definition) is 7. The lowest BCUT2D eigenvalue weighted by molar-refractivity contribution is -0.137. The smallest absolute Gasteiger partial charge is 0.303 e. The number of rotatable bonds is 7. The molecule has 184 valence electrons. The zero-order valence-electron chi connectivity index (χ0n) is 19.8. The number of aromatic nitrogens is 5. The first-order valence-corrected chi connectivity index (χ1v) is 11.9. The molecule has 5 rings (SSSR count). The summed E-state index contributed by atoms with van der Waals surface area (Å²) in [4.78, 5) is 17.1. The molecule has 0 bridgehead atoms. The fraction of sp³-hybridized carbons (Fsp3) is 0.320. The van der Waals surface area contributed by atoms with Crippen LogP contribution in [0, 0.1) is 18.4 Å². The van der Waals surface area contributed by atoms with Crippen molar-refractivity contribution in [2.45, 2.75) is 51.9 Å². The Balaban J connectivity index is 1.53. The van der Waals surface area contributed by atoms with E-state index in [4.69, 9.17) is 26.5 Å². The number of carboxylic acid groups (broad SMARTS) is 1. The summed E-state index contributed by atoms with van der Waals surface area (Å²) < 4.78 is 9.86. The van der Waals surface area contributed by atoms with Crippen LogP contribution in [0.3, 0.4) is 0 Å². The van der Waals surface area contributed by atoms with Crippen LogP contribution in [-0.2, 0) is 17.9 Å². The van der Waals surface area contributed by atoms with Crippen LogP contribution in [0.5, 0.6) is 5.75 Å². The van der Waals surface area contributed by atoms with Crippen LogP contribution in [0.1, 0.15) is 42.8 Å². The quantitative estimate of drug-likeness (QED) is 0.370. The second-order valence-electron chi connectivity index (χ2n) is 8.81. The Morgan fingerprint density at radius 1 is 1.42 bits per heavy atom. The predicted octanol–water partition coefficient (Wildman–Crippen LogP) is 4.22. The van der Waals surface area contributed by atoms with Crippen LogP contribution >= 0.6 is 11.6 Å². The number of ether oxygens (including phenoxy) is 1. The highest BCUT2D eigenvalue weighted by atomic mass is 35.5. The molecule has 4 aromatic heterocycles. The fourth-order valence-electron chi connectivity index (χ4n) is 4.59. The number of nitrogens with zero attached hydrogens (tertiary/aromatic N) is 7. The van der Waals surface area contributed by atoms with E-state index in [0.717, 1.165) is 28.2 Å². The molecule has 10 nitrogen and oxygen atoms in total. The third kappa shape index (κ3) is 4.33. The first kappa shape index (κ1) is 23.6. The van der Waals surface area contributed by atoms with Gasteiger partial charge in [0.25, 0.3) is 0 Å². The summed E-state index contributed by atoms with van der Waals surface area (Å²) in [6.45, 7) is 4.70. The van der Waals surface area contributed by atoms with E-state index >= 15 is 0 Å². The summed E-state index contributed by atoms with van der Waals surface area (Å²) in [5.74, 6) is -0.328. The van der Waals surface area contributed by atoms with E-state index in [-0.39, 0.29) is 18.6 Å². The molecule has 0 aromatic carbocycles. The van der Waals surface area contributed by atoms with Gasteiger partial charge in [-0.25, -0.2) is 4.52 Å². The highest BCUT2D eigenvalue weighted by molar-refractivity contribution is 6.34. The van der Waals surface area contributed by atoms with E-state index in [1.807, 2.05) is 49.0 Å². The molecule has 4 aromatic rings. The summed E-state index contributed by atoms with van der Waals surface area (Å²) >= 11 is 6.44. The van der Waals surface area contributed by atoms with Gasteiger partial charge in [-0.1, -0.05) is 17.7 Å². The molecule has 0 unspecified atom stereocenters. The van der Waals surface area contributed by atoms with Gasteiger partial charge in [-0.15, -0.1) is 0 Å². The SMILES string of the molecule is Cc1c(-c2cc(O[C@H](C)c3ccccn3)c3c(Cl)cnn3c2)nn2c1CN(C#N)[C@@H](CCC(=O)O)C2. The Morgan fingerprint density at radius 3 is 2.97 bits per heavy atom. The van der Waals surface area contributed by atoms with Crippen LogP contribution in [0.15, 0.2) is 42.9 Å². The lowest BCUT2D eigenvalue weighted by atomic mass is 10.0. The molecule has 0 saturated heterocycles. The Kier molecular flexibility index (Phi) is 6.24. The Hall–Kier alpha value is -4.10. The van der Waals surface area contributed by atoms with E-state index < -0.39 is 5.97 Å². The van der Waals surface area contributed by atoms with Crippen LogP contribution in [-0.4, -0.2) is 46.4 Å². The van der Waals surface area contributed by atoms with Gasteiger partial charge in [0.05, 0.1) is 47.4 Å². The standard InChI is InChI=1S/C25H24ClN7O3/c1-15-21-13-31(14-27)18(6-7-23(34)35)12-32(21)30-24(15)17-9-22(25-19(26)10-29-33(25)11-17)36-16(2)20-5-3-4-8-28-20/h3-5,8-11,16,18H,6-7,12-13H2,1-2H3,(H,34,35)/t16-,18+/m1/s1.